The van der Waals surface area contributed by atoms with Crippen LogP contribution in [0.2, 0.25) is 0 Å². The van der Waals surface area contributed by atoms with Gasteiger partial charge in [-0.05, 0) is 45.4 Å². The summed E-state index contributed by atoms with van der Waals surface area (Å²) in [6.45, 7) is 9.42. The number of carbonyl (C=O) groups is 1. The molecule has 0 spiro atoms. The molecular formula is C16H27N3O. The number of nitrogens with zero attached hydrogens (tertiary/aromatic N) is 1. The Morgan fingerprint density at radius 1 is 1.40 bits per heavy atom. The van der Waals surface area contributed by atoms with Gasteiger partial charge in [-0.15, -0.1) is 0 Å². The van der Waals surface area contributed by atoms with Gasteiger partial charge < -0.3 is 16.0 Å². The van der Waals surface area contributed by atoms with Gasteiger partial charge in [0.15, 0.2) is 0 Å². The summed E-state index contributed by atoms with van der Waals surface area (Å²) in [7, 11) is 1.99. The van der Waals surface area contributed by atoms with E-state index in [1.165, 1.54) is 11.1 Å². The fourth-order valence-electron chi connectivity index (χ4n) is 2.42. The maximum absolute atomic E-state index is 11.8. The average Bonchev–Trinajstić information content (AvgIpc) is 2.35. The van der Waals surface area contributed by atoms with Gasteiger partial charge in [0, 0.05) is 19.3 Å². The fourth-order valence-corrected chi connectivity index (χ4v) is 2.42. The van der Waals surface area contributed by atoms with E-state index < -0.39 is 5.54 Å². The normalized spacial score (nSPS) is 13.8. The van der Waals surface area contributed by atoms with Crippen LogP contribution in [0.5, 0.6) is 0 Å². The number of hydrogen-bond donors (Lipinski definition) is 2. The van der Waals surface area contributed by atoms with Gasteiger partial charge in [0.1, 0.15) is 5.54 Å². The third-order valence-corrected chi connectivity index (χ3v) is 3.63. The number of anilines is 1. The first kappa shape index (κ1) is 16.5. The molecule has 0 aliphatic rings. The van der Waals surface area contributed by atoms with E-state index in [4.69, 9.17) is 5.73 Å². The summed E-state index contributed by atoms with van der Waals surface area (Å²) in [6.07, 6.45) is 0.968. The first-order chi connectivity index (χ1) is 9.30. The van der Waals surface area contributed by atoms with Crippen molar-refractivity contribution in [3.8, 4) is 0 Å². The Morgan fingerprint density at radius 3 is 2.55 bits per heavy atom. The van der Waals surface area contributed by atoms with Crippen molar-refractivity contribution in [1.82, 2.24) is 5.32 Å². The lowest BCUT2D eigenvalue weighted by Crippen LogP contribution is -2.59. The second-order valence-electron chi connectivity index (χ2n) is 5.77. The van der Waals surface area contributed by atoms with Crippen molar-refractivity contribution in [2.75, 3.05) is 25.0 Å². The molecule has 0 aromatic heterocycles. The monoisotopic (exact) mass is 277 g/mol. The van der Waals surface area contributed by atoms with Crippen LogP contribution >= 0.6 is 0 Å². The van der Waals surface area contributed by atoms with E-state index in [0.29, 0.717) is 6.54 Å². The number of rotatable bonds is 7. The highest BCUT2D eigenvalue weighted by molar-refractivity contribution is 5.85. The molecule has 1 aromatic rings. The third kappa shape index (κ3) is 3.97. The Morgan fingerprint density at radius 2 is 2.05 bits per heavy atom. The second kappa shape index (κ2) is 6.75. The van der Waals surface area contributed by atoms with Crippen LogP contribution in [-0.4, -0.2) is 31.6 Å². The van der Waals surface area contributed by atoms with E-state index in [-0.39, 0.29) is 5.91 Å². The molecule has 0 aliphatic carbocycles. The Kier molecular flexibility index (Phi) is 5.57. The molecule has 4 nitrogen and oxygen atoms in total. The minimum absolute atomic E-state index is 0.317. The molecule has 112 valence electrons. The van der Waals surface area contributed by atoms with E-state index in [1.54, 1.807) is 0 Å². The minimum atomic E-state index is -0.720. The number of carbonyl (C=O) groups excluding carboxylic acids is 1. The van der Waals surface area contributed by atoms with Crippen LogP contribution in [-0.2, 0) is 4.79 Å². The van der Waals surface area contributed by atoms with Gasteiger partial charge in [-0.2, -0.15) is 0 Å². The Bertz CT molecular complexity index is 473. The Balaban J connectivity index is 2.90. The van der Waals surface area contributed by atoms with Crippen molar-refractivity contribution in [3.05, 3.63) is 29.3 Å². The van der Waals surface area contributed by atoms with Gasteiger partial charge in [0.05, 0.1) is 0 Å². The molecule has 0 bridgehead atoms. The van der Waals surface area contributed by atoms with Gasteiger partial charge in [-0.3, -0.25) is 4.79 Å². The summed E-state index contributed by atoms with van der Waals surface area (Å²) in [6, 6.07) is 6.32. The summed E-state index contributed by atoms with van der Waals surface area (Å²) in [5, 5.41) is 3.26. The van der Waals surface area contributed by atoms with Crippen molar-refractivity contribution in [3.63, 3.8) is 0 Å². The molecule has 0 fully saturated rings. The number of primary amides is 1. The van der Waals surface area contributed by atoms with E-state index >= 15 is 0 Å². The largest absolute Gasteiger partial charge is 0.372 e. The lowest BCUT2D eigenvalue weighted by molar-refractivity contribution is -0.123. The van der Waals surface area contributed by atoms with Crippen molar-refractivity contribution in [1.29, 1.82) is 0 Å². The third-order valence-electron chi connectivity index (χ3n) is 3.63. The molecule has 3 N–H and O–H groups in total. The highest BCUT2D eigenvalue weighted by Crippen LogP contribution is 2.21. The molecule has 0 radical (unpaired) electrons. The molecule has 20 heavy (non-hydrogen) atoms. The summed E-state index contributed by atoms with van der Waals surface area (Å²) >= 11 is 0. The number of nitrogens with two attached hydrogens (primary N) is 1. The highest BCUT2D eigenvalue weighted by atomic mass is 16.1. The zero-order valence-corrected chi connectivity index (χ0v) is 13.3. The molecule has 0 heterocycles. The standard InChI is InChI=1S/C16H27N3O/c1-6-9-18-16(4,15(17)20)11-19(5)14-8-7-12(2)10-13(14)3/h7-8,10,18H,6,9,11H2,1-5H3,(H2,17,20). The zero-order chi connectivity index (χ0) is 15.3. The molecule has 0 saturated heterocycles. The first-order valence-electron chi connectivity index (χ1n) is 7.13. The van der Waals surface area contributed by atoms with E-state index in [2.05, 4.69) is 49.2 Å². The molecule has 1 unspecified atom stereocenters. The lowest BCUT2D eigenvalue weighted by Gasteiger charge is -2.34. The Hall–Kier alpha value is -1.55. The van der Waals surface area contributed by atoms with Crippen molar-refractivity contribution in [2.24, 2.45) is 5.73 Å². The number of benzene rings is 1. The van der Waals surface area contributed by atoms with Gasteiger partial charge in [0.25, 0.3) is 0 Å². The van der Waals surface area contributed by atoms with Crippen molar-refractivity contribution < 1.29 is 4.79 Å². The van der Waals surface area contributed by atoms with Crippen LogP contribution in [0.3, 0.4) is 0 Å². The molecule has 1 atom stereocenters. The maximum atomic E-state index is 11.8. The lowest BCUT2D eigenvalue weighted by atomic mass is 9.99. The molecule has 0 saturated carbocycles. The minimum Gasteiger partial charge on any atom is -0.372 e. The molecular weight excluding hydrogens is 250 g/mol. The quantitative estimate of drug-likeness (QED) is 0.801. The summed E-state index contributed by atoms with van der Waals surface area (Å²) < 4.78 is 0. The summed E-state index contributed by atoms with van der Waals surface area (Å²) in [5.41, 5.74) is 8.42. The van der Waals surface area contributed by atoms with E-state index in [9.17, 15) is 4.79 Å². The maximum Gasteiger partial charge on any atom is 0.239 e. The average molecular weight is 277 g/mol. The topological polar surface area (TPSA) is 58.4 Å². The van der Waals surface area contributed by atoms with Crippen LogP contribution in [0, 0.1) is 13.8 Å². The van der Waals surface area contributed by atoms with E-state index in [1.807, 2.05) is 14.0 Å². The number of likely N-dealkylation sites (N-methyl/N-ethyl adjacent to an activating group) is 1. The predicted molar refractivity (Wildman–Crippen MR) is 85.1 cm³/mol. The number of hydrogen-bond acceptors (Lipinski definition) is 3. The summed E-state index contributed by atoms with van der Waals surface area (Å²) in [4.78, 5) is 13.9. The van der Waals surface area contributed by atoms with Crippen LogP contribution in [0.15, 0.2) is 18.2 Å². The smallest absolute Gasteiger partial charge is 0.239 e. The molecule has 4 heteroatoms. The van der Waals surface area contributed by atoms with Gasteiger partial charge in [-0.1, -0.05) is 24.6 Å². The van der Waals surface area contributed by atoms with Gasteiger partial charge >= 0.3 is 0 Å². The molecule has 1 rings (SSSR count). The Labute approximate surface area is 122 Å². The predicted octanol–water partition coefficient (Wildman–Crippen LogP) is 1.98. The SMILES string of the molecule is CCCNC(C)(CN(C)c1ccc(C)cc1C)C(N)=O. The van der Waals surface area contributed by atoms with Crippen LogP contribution < -0.4 is 16.0 Å². The van der Waals surface area contributed by atoms with Gasteiger partial charge in [0.2, 0.25) is 5.91 Å². The van der Waals surface area contributed by atoms with Crippen LogP contribution in [0.4, 0.5) is 5.69 Å². The van der Waals surface area contributed by atoms with Gasteiger partial charge in [-0.25, -0.2) is 0 Å². The van der Waals surface area contributed by atoms with Crippen LogP contribution in [0.1, 0.15) is 31.4 Å². The number of nitrogens with one attached hydrogen (secondary N) is 1. The fraction of sp³-hybridized carbons (Fsp3) is 0.562. The zero-order valence-electron chi connectivity index (χ0n) is 13.3. The summed E-state index contributed by atoms with van der Waals surface area (Å²) in [5.74, 6) is -0.317. The number of aryl methyl sites for hydroxylation is 2. The second-order valence-corrected chi connectivity index (χ2v) is 5.77. The van der Waals surface area contributed by atoms with Crippen LogP contribution in [0.25, 0.3) is 0 Å². The highest BCUT2D eigenvalue weighted by Gasteiger charge is 2.32. The number of amides is 1. The van der Waals surface area contributed by atoms with Crippen molar-refractivity contribution in [2.45, 2.75) is 39.7 Å². The van der Waals surface area contributed by atoms with E-state index in [0.717, 1.165) is 18.7 Å². The molecule has 0 aliphatic heterocycles. The van der Waals surface area contributed by atoms with Crippen molar-refractivity contribution >= 4 is 11.6 Å². The first-order valence-corrected chi connectivity index (χ1v) is 7.13. The molecule has 1 aromatic carbocycles. The molecule has 1 amide bonds.